The van der Waals surface area contributed by atoms with Gasteiger partial charge in [0.25, 0.3) is 5.24 Å². The van der Waals surface area contributed by atoms with Gasteiger partial charge in [0.1, 0.15) is 0 Å². The van der Waals surface area contributed by atoms with E-state index in [-0.39, 0.29) is 5.24 Å². The zero-order chi connectivity index (χ0) is 12.3. The number of hydrogen-bond acceptors (Lipinski definition) is 2. The van der Waals surface area contributed by atoms with E-state index in [0.717, 1.165) is 25.1 Å². The highest BCUT2D eigenvalue weighted by Gasteiger charge is 1.98. The Morgan fingerprint density at radius 2 is 1.94 bits per heavy atom. The standard InChI is InChI=1S/C14H21NOS/c1-2-17-14(16)15-12-8-4-7-11-13-9-5-3-6-10-13/h3,5-6,9-10H,2,4,7-8,11-12H2,1H3,(H,15,16). The van der Waals surface area contributed by atoms with Gasteiger partial charge in [0.2, 0.25) is 0 Å². The zero-order valence-corrected chi connectivity index (χ0v) is 11.3. The van der Waals surface area contributed by atoms with Crippen molar-refractivity contribution < 1.29 is 4.79 Å². The Morgan fingerprint density at radius 3 is 2.65 bits per heavy atom. The smallest absolute Gasteiger partial charge is 0.279 e. The number of carbonyl (C=O) groups is 1. The predicted octanol–water partition coefficient (Wildman–Crippen LogP) is 3.86. The van der Waals surface area contributed by atoms with E-state index in [1.165, 1.54) is 30.2 Å². The summed E-state index contributed by atoms with van der Waals surface area (Å²) < 4.78 is 0. The minimum Gasteiger partial charge on any atom is -0.347 e. The third kappa shape index (κ3) is 7.05. The molecule has 1 aromatic carbocycles. The largest absolute Gasteiger partial charge is 0.347 e. The molecule has 0 fully saturated rings. The molecular weight excluding hydrogens is 230 g/mol. The second-order valence-electron chi connectivity index (χ2n) is 3.94. The molecule has 17 heavy (non-hydrogen) atoms. The summed E-state index contributed by atoms with van der Waals surface area (Å²) in [4.78, 5) is 11.1. The van der Waals surface area contributed by atoms with Crippen LogP contribution >= 0.6 is 11.8 Å². The van der Waals surface area contributed by atoms with E-state index in [0.29, 0.717) is 0 Å². The quantitative estimate of drug-likeness (QED) is 0.745. The van der Waals surface area contributed by atoms with Gasteiger partial charge in [-0.1, -0.05) is 55.4 Å². The van der Waals surface area contributed by atoms with Crippen LogP contribution in [0.1, 0.15) is 31.7 Å². The third-order valence-corrected chi connectivity index (χ3v) is 3.23. The molecule has 2 nitrogen and oxygen atoms in total. The minimum absolute atomic E-state index is 0.107. The summed E-state index contributed by atoms with van der Waals surface area (Å²) in [5.74, 6) is 0.847. The number of benzene rings is 1. The van der Waals surface area contributed by atoms with Crippen LogP contribution in [0.2, 0.25) is 0 Å². The molecule has 0 aromatic heterocycles. The number of amides is 1. The van der Waals surface area contributed by atoms with E-state index < -0.39 is 0 Å². The highest BCUT2D eigenvalue weighted by atomic mass is 32.2. The van der Waals surface area contributed by atoms with Crippen molar-refractivity contribution in [2.45, 2.75) is 32.6 Å². The SMILES string of the molecule is CCSC(=O)NCCCCCc1ccccc1. The highest BCUT2D eigenvalue weighted by Crippen LogP contribution is 2.06. The lowest BCUT2D eigenvalue weighted by atomic mass is 10.1. The number of aryl methyl sites for hydroxylation is 1. The Kier molecular flexibility index (Phi) is 7.56. The molecule has 1 amide bonds. The monoisotopic (exact) mass is 251 g/mol. The van der Waals surface area contributed by atoms with E-state index in [9.17, 15) is 4.79 Å². The Morgan fingerprint density at radius 1 is 1.18 bits per heavy atom. The summed E-state index contributed by atoms with van der Waals surface area (Å²) in [5, 5.41) is 3.01. The van der Waals surface area contributed by atoms with Crippen molar-refractivity contribution in [3.05, 3.63) is 35.9 Å². The normalized spacial score (nSPS) is 10.2. The molecule has 0 unspecified atom stereocenters. The molecule has 1 aromatic rings. The number of hydrogen-bond donors (Lipinski definition) is 1. The fourth-order valence-electron chi connectivity index (χ4n) is 1.65. The molecule has 0 aliphatic rings. The Bertz CT molecular complexity index is 313. The molecule has 0 aliphatic carbocycles. The van der Waals surface area contributed by atoms with Crippen LogP contribution in [0.3, 0.4) is 0 Å². The Hall–Kier alpha value is -0.960. The summed E-state index contributed by atoms with van der Waals surface area (Å²) in [5.41, 5.74) is 1.40. The molecule has 94 valence electrons. The highest BCUT2D eigenvalue weighted by molar-refractivity contribution is 8.13. The molecule has 0 atom stereocenters. The van der Waals surface area contributed by atoms with Gasteiger partial charge >= 0.3 is 0 Å². The van der Waals surface area contributed by atoms with E-state index in [2.05, 4.69) is 29.6 Å². The van der Waals surface area contributed by atoms with Gasteiger partial charge in [-0.05, 0) is 30.6 Å². The molecule has 1 N–H and O–H groups in total. The maximum Gasteiger partial charge on any atom is 0.279 e. The molecule has 1 rings (SSSR count). The molecule has 0 aliphatic heterocycles. The molecule has 0 spiro atoms. The molecule has 0 radical (unpaired) electrons. The number of unbranched alkanes of at least 4 members (excludes halogenated alkanes) is 2. The topological polar surface area (TPSA) is 29.1 Å². The van der Waals surface area contributed by atoms with Gasteiger partial charge in [0.15, 0.2) is 0 Å². The average molecular weight is 251 g/mol. The lowest BCUT2D eigenvalue weighted by Gasteiger charge is -2.04. The van der Waals surface area contributed by atoms with Crippen LogP contribution in [-0.2, 0) is 6.42 Å². The fourth-order valence-corrected chi connectivity index (χ4v) is 2.11. The van der Waals surface area contributed by atoms with Crippen molar-refractivity contribution in [1.82, 2.24) is 5.32 Å². The second-order valence-corrected chi connectivity index (χ2v) is 5.18. The van der Waals surface area contributed by atoms with E-state index in [1.807, 2.05) is 13.0 Å². The molecule has 0 bridgehead atoms. The fraction of sp³-hybridized carbons (Fsp3) is 0.500. The summed E-state index contributed by atoms with van der Waals surface area (Å²) in [6.45, 7) is 2.80. The van der Waals surface area contributed by atoms with Crippen LogP contribution in [0.25, 0.3) is 0 Å². The summed E-state index contributed by atoms with van der Waals surface area (Å²) >= 11 is 1.34. The van der Waals surface area contributed by atoms with Crippen molar-refractivity contribution in [3.63, 3.8) is 0 Å². The van der Waals surface area contributed by atoms with E-state index >= 15 is 0 Å². The van der Waals surface area contributed by atoms with Gasteiger partial charge in [0, 0.05) is 6.54 Å². The predicted molar refractivity (Wildman–Crippen MR) is 75.5 cm³/mol. The van der Waals surface area contributed by atoms with Crippen LogP contribution in [0.4, 0.5) is 4.79 Å². The van der Waals surface area contributed by atoms with Crippen LogP contribution in [0, 0.1) is 0 Å². The summed E-state index contributed by atoms with van der Waals surface area (Å²) in [6.07, 6.45) is 4.58. The number of rotatable bonds is 7. The molecule has 0 heterocycles. The van der Waals surface area contributed by atoms with Gasteiger partial charge in [-0.2, -0.15) is 0 Å². The van der Waals surface area contributed by atoms with Gasteiger partial charge in [-0.25, -0.2) is 0 Å². The van der Waals surface area contributed by atoms with Crippen molar-refractivity contribution >= 4 is 17.0 Å². The van der Waals surface area contributed by atoms with Gasteiger partial charge in [-0.3, -0.25) is 4.79 Å². The third-order valence-electron chi connectivity index (χ3n) is 2.53. The molecule has 0 saturated heterocycles. The summed E-state index contributed by atoms with van der Waals surface area (Å²) in [7, 11) is 0. The van der Waals surface area contributed by atoms with Crippen LogP contribution in [0.15, 0.2) is 30.3 Å². The number of nitrogens with one attached hydrogen (secondary N) is 1. The first-order valence-corrected chi connectivity index (χ1v) is 7.26. The van der Waals surface area contributed by atoms with Crippen molar-refractivity contribution in [3.8, 4) is 0 Å². The Balaban J connectivity index is 1.96. The van der Waals surface area contributed by atoms with E-state index in [4.69, 9.17) is 0 Å². The zero-order valence-electron chi connectivity index (χ0n) is 10.4. The maximum atomic E-state index is 11.1. The van der Waals surface area contributed by atoms with Crippen molar-refractivity contribution in [2.24, 2.45) is 0 Å². The lowest BCUT2D eigenvalue weighted by molar-refractivity contribution is 0.260. The molecule has 3 heteroatoms. The van der Waals surface area contributed by atoms with Gasteiger partial charge in [0.05, 0.1) is 0 Å². The second kappa shape index (κ2) is 9.11. The Labute approximate surface area is 108 Å². The maximum absolute atomic E-state index is 11.1. The first-order valence-electron chi connectivity index (χ1n) is 6.27. The lowest BCUT2D eigenvalue weighted by Crippen LogP contribution is -2.19. The van der Waals surface area contributed by atoms with Gasteiger partial charge < -0.3 is 5.32 Å². The van der Waals surface area contributed by atoms with Crippen molar-refractivity contribution in [2.75, 3.05) is 12.3 Å². The van der Waals surface area contributed by atoms with E-state index in [1.54, 1.807) is 0 Å². The van der Waals surface area contributed by atoms with Crippen molar-refractivity contribution in [1.29, 1.82) is 0 Å². The minimum atomic E-state index is 0.107. The van der Waals surface area contributed by atoms with Crippen LogP contribution < -0.4 is 5.32 Å². The first kappa shape index (κ1) is 14.1. The molecule has 0 saturated carbocycles. The molecular formula is C14H21NOS. The van der Waals surface area contributed by atoms with Gasteiger partial charge in [-0.15, -0.1) is 0 Å². The first-order chi connectivity index (χ1) is 8.33. The van der Waals surface area contributed by atoms with Crippen LogP contribution in [-0.4, -0.2) is 17.5 Å². The summed E-state index contributed by atoms with van der Waals surface area (Å²) in [6, 6.07) is 10.5. The van der Waals surface area contributed by atoms with Crippen LogP contribution in [0.5, 0.6) is 0 Å². The number of carbonyl (C=O) groups excluding carboxylic acids is 1. The number of thioether (sulfide) groups is 1. The average Bonchev–Trinajstić information content (AvgIpc) is 2.35.